The molecule has 2 aliphatic rings. The summed E-state index contributed by atoms with van der Waals surface area (Å²) in [5.74, 6) is 2.76. The number of aliphatic imine (C=N–C) groups is 1. The Labute approximate surface area is 206 Å². The van der Waals surface area contributed by atoms with Crippen LogP contribution in [0.3, 0.4) is 0 Å². The van der Waals surface area contributed by atoms with Gasteiger partial charge >= 0.3 is 0 Å². The minimum Gasteiger partial charge on any atom is -0.381 e. The molecule has 2 N–H and O–H groups in total. The molecule has 0 aliphatic carbocycles. The largest absolute Gasteiger partial charge is 0.381 e. The average molecular weight is 559 g/mol. The molecule has 0 amide bonds. The van der Waals surface area contributed by atoms with E-state index in [1.54, 1.807) is 0 Å². The first-order chi connectivity index (χ1) is 14.6. The van der Waals surface area contributed by atoms with E-state index in [-0.39, 0.29) is 35.4 Å². The highest BCUT2D eigenvalue weighted by molar-refractivity contribution is 14.0. The highest BCUT2D eigenvalue weighted by atomic mass is 127. The minimum absolute atomic E-state index is 0. The van der Waals surface area contributed by atoms with Crippen LogP contribution in [0.15, 0.2) is 29.3 Å². The van der Waals surface area contributed by atoms with Crippen molar-refractivity contribution in [2.45, 2.75) is 57.5 Å². The van der Waals surface area contributed by atoms with E-state index >= 15 is 0 Å². The molecule has 9 heteroatoms. The lowest BCUT2D eigenvalue weighted by Gasteiger charge is -2.37. The molecule has 7 nitrogen and oxygen atoms in total. The number of benzene rings is 1. The molecule has 1 aromatic heterocycles. The fourth-order valence-electron chi connectivity index (χ4n) is 4.46. The summed E-state index contributed by atoms with van der Waals surface area (Å²) in [5.41, 5.74) is 1.08. The molecule has 0 bridgehead atoms. The van der Waals surface area contributed by atoms with Crippen LogP contribution in [0.5, 0.6) is 0 Å². The molecule has 31 heavy (non-hydrogen) atoms. The van der Waals surface area contributed by atoms with Crippen molar-refractivity contribution in [1.29, 1.82) is 0 Å². The lowest BCUT2D eigenvalue weighted by atomic mass is 9.74. The number of hydrogen-bond donors (Lipinski definition) is 2. The minimum atomic E-state index is -0.0955. The van der Waals surface area contributed by atoms with Gasteiger partial charge in [-0.3, -0.25) is 4.99 Å². The highest BCUT2D eigenvalue weighted by Crippen LogP contribution is 2.38. The van der Waals surface area contributed by atoms with Gasteiger partial charge in [-0.25, -0.2) is 9.67 Å². The summed E-state index contributed by atoms with van der Waals surface area (Å²) in [5, 5.41) is 12.4. The standard InChI is InChI=1S/C22H31ClN6O.HI/c1-3-24-21(27-17-8-9-20-26-16(2)28-29(20)14-17)25-15-22(10-12-30-13-11-22)18-6-4-5-7-19(18)23;/h4-7,17H,3,8-15H2,1-2H3,(H2,24,25,27);1H. The smallest absolute Gasteiger partial charge is 0.191 e. The number of aromatic nitrogens is 3. The monoisotopic (exact) mass is 558 g/mol. The summed E-state index contributed by atoms with van der Waals surface area (Å²) >= 11 is 6.59. The van der Waals surface area contributed by atoms with Crippen LogP contribution >= 0.6 is 35.6 Å². The molecule has 0 spiro atoms. The van der Waals surface area contributed by atoms with Crippen molar-refractivity contribution < 1.29 is 4.74 Å². The van der Waals surface area contributed by atoms with Crippen LogP contribution < -0.4 is 10.6 Å². The first kappa shape index (κ1) is 24.3. The Hall–Kier alpha value is -1.39. The third-order valence-corrected chi connectivity index (χ3v) is 6.41. The number of halogens is 2. The van der Waals surface area contributed by atoms with E-state index in [0.717, 1.165) is 74.6 Å². The van der Waals surface area contributed by atoms with Crippen LogP contribution in [-0.2, 0) is 23.1 Å². The Balaban J connectivity index is 0.00000272. The Kier molecular flexibility index (Phi) is 8.58. The van der Waals surface area contributed by atoms with Crippen LogP contribution in [-0.4, -0.2) is 53.1 Å². The van der Waals surface area contributed by atoms with Gasteiger partial charge in [0.25, 0.3) is 0 Å². The zero-order valence-electron chi connectivity index (χ0n) is 18.2. The molecular formula is C22H32ClIN6O. The van der Waals surface area contributed by atoms with Crippen LogP contribution in [0.2, 0.25) is 5.02 Å². The van der Waals surface area contributed by atoms with Crippen LogP contribution in [0.4, 0.5) is 0 Å². The molecule has 0 saturated carbocycles. The van der Waals surface area contributed by atoms with E-state index < -0.39 is 0 Å². The maximum atomic E-state index is 6.59. The Morgan fingerprint density at radius 1 is 1.32 bits per heavy atom. The quantitative estimate of drug-likeness (QED) is 0.334. The Morgan fingerprint density at radius 3 is 2.84 bits per heavy atom. The Morgan fingerprint density at radius 2 is 2.10 bits per heavy atom. The van der Waals surface area contributed by atoms with E-state index in [9.17, 15) is 0 Å². The van der Waals surface area contributed by atoms with Crippen molar-refractivity contribution in [3.63, 3.8) is 0 Å². The Bertz CT molecular complexity index is 896. The normalized spacial score (nSPS) is 20.5. The summed E-state index contributed by atoms with van der Waals surface area (Å²) in [4.78, 5) is 9.52. The lowest BCUT2D eigenvalue weighted by Crippen LogP contribution is -2.48. The van der Waals surface area contributed by atoms with E-state index in [0.29, 0.717) is 6.54 Å². The molecule has 3 heterocycles. The number of hydrogen-bond acceptors (Lipinski definition) is 4. The van der Waals surface area contributed by atoms with Gasteiger partial charge in [0.05, 0.1) is 13.1 Å². The fourth-order valence-corrected chi connectivity index (χ4v) is 4.80. The van der Waals surface area contributed by atoms with E-state index in [4.69, 9.17) is 21.3 Å². The summed E-state index contributed by atoms with van der Waals surface area (Å²) < 4.78 is 7.68. The van der Waals surface area contributed by atoms with Gasteiger partial charge in [-0.05, 0) is 44.7 Å². The third kappa shape index (κ3) is 5.70. The van der Waals surface area contributed by atoms with Gasteiger partial charge in [-0.2, -0.15) is 5.10 Å². The predicted octanol–water partition coefficient (Wildman–Crippen LogP) is 3.48. The first-order valence-corrected chi connectivity index (χ1v) is 11.3. The summed E-state index contributed by atoms with van der Waals surface area (Å²) in [6.45, 7) is 7.81. The molecule has 1 unspecified atom stereocenters. The van der Waals surface area contributed by atoms with Crippen LogP contribution in [0, 0.1) is 6.92 Å². The topological polar surface area (TPSA) is 76.4 Å². The number of ether oxygens (including phenoxy) is 1. The van der Waals surface area contributed by atoms with Gasteiger partial charge < -0.3 is 15.4 Å². The van der Waals surface area contributed by atoms with Crippen molar-refractivity contribution >= 4 is 41.5 Å². The van der Waals surface area contributed by atoms with E-state index in [1.165, 1.54) is 5.56 Å². The number of fused-ring (bicyclic) bond motifs is 1. The van der Waals surface area contributed by atoms with Crippen molar-refractivity contribution in [2.24, 2.45) is 4.99 Å². The highest BCUT2D eigenvalue weighted by Gasteiger charge is 2.36. The summed E-state index contributed by atoms with van der Waals surface area (Å²) in [7, 11) is 0. The van der Waals surface area contributed by atoms with E-state index in [1.807, 2.05) is 23.7 Å². The summed E-state index contributed by atoms with van der Waals surface area (Å²) in [6.07, 6.45) is 3.79. The maximum Gasteiger partial charge on any atom is 0.191 e. The second-order valence-corrected chi connectivity index (χ2v) is 8.61. The molecule has 2 aliphatic heterocycles. The molecule has 0 radical (unpaired) electrons. The third-order valence-electron chi connectivity index (χ3n) is 6.08. The van der Waals surface area contributed by atoms with E-state index in [2.05, 4.69) is 39.8 Å². The predicted molar refractivity (Wildman–Crippen MR) is 135 cm³/mol. The SMILES string of the molecule is CCNC(=NCC1(c2ccccc2Cl)CCOCC1)NC1CCc2nc(C)nn2C1.I. The van der Waals surface area contributed by atoms with Crippen molar-refractivity contribution in [3.8, 4) is 0 Å². The molecule has 1 saturated heterocycles. The second-order valence-electron chi connectivity index (χ2n) is 8.21. The number of aryl methyl sites for hydroxylation is 2. The molecular weight excluding hydrogens is 527 g/mol. The van der Waals surface area contributed by atoms with Crippen LogP contribution in [0.1, 0.15) is 43.4 Å². The van der Waals surface area contributed by atoms with Crippen molar-refractivity contribution in [3.05, 3.63) is 46.5 Å². The number of rotatable bonds is 5. The molecule has 170 valence electrons. The van der Waals surface area contributed by atoms with Gasteiger partial charge in [-0.1, -0.05) is 29.8 Å². The van der Waals surface area contributed by atoms with Gasteiger partial charge in [0.15, 0.2) is 5.96 Å². The van der Waals surface area contributed by atoms with Gasteiger partial charge in [0.2, 0.25) is 0 Å². The van der Waals surface area contributed by atoms with Gasteiger partial charge in [0, 0.05) is 42.7 Å². The van der Waals surface area contributed by atoms with Gasteiger partial charge in [-0.15, -0.1) is 24.0 Å². The zero-order chi connectivity index (χ0) is 21.0. The molecule has 1 aromatic carbocycles. The van der Waals surface area contributed by atoms with Crippen molar-refractivity contribution in [2.75, 3.05) is 26.3 Å². The fraction of sp³-hybridized carbons (Fsp3) is 0.591. The number of guanidine groups is 1. The average Bonchev–Trinajstić information content (AvgIpc) is 3.12. The second kappa shape index (κ2) is 11.0. The molecule has 4 rings (SSSR count). The number of nitrogens with one attached hydrogen (secondary N) is 2. The first-order valence-electron chi connectivity index (χ1n) is 10.9. The maximum absolute atomic E-state index is 6.59. The van der Waals surface area contributed by atoms with Crippen LogP contribution in [0.25, 0.3) is 0 Å². The number of nitrogens with zero attached hydrogens (tertiary/aromatic N) is 4. The van der Waals surface area contributed by atoms with Gasteiger partial charge in [0.1, 0.15) is 11.6 Å². The van der Waals surface area contributed by atoms with Crippen molar-refractivity contribution in [1.82, 2.24) is 25.4 Å². The molecule has 1 fully saturated rings. The molecule has 2 aromatic rings. The molecule has 1 atom stereocenters. The lowest BCUT2D eigenvalue weighted by molar-refractivity contribution is 0.0531. The summed E-state index contributed by atoms with van der Waals surface area (Å²) in [6, 6.07) is 8.44. The zero-order valence-corrected chi connectivity index (χ0v) is 21.3.